The Morgan fingerprint density at radius 3 is 2.53 bits per heavy atom. The van der Waals surface area contributed by atoms with Crippen molar-refractivity contribution in [3.63, 3.8) is 0 Å². The van der Waals surface area contributed by atoms with Crippen molar-refractivity contribution in [2.24, 2.45) is 4.99 Å². The molecule has 0 bridgehead atoms. The number of hydrogen-bond donors (Lipinski definition) is 3. The third-order valence-corrected chi connectivity index (χ3v) is 5.87. The lowest BCUT2D eigenvalue weighted by Crippen LogP contribution is -2.40. The summed E-state index contributed by atoms with van der Waals surface area (Å²) in [4.78, 5) is 9.73. The van der Waals surface area contributed by atoms with Crippen LogP contribution in [0.2, 0.25) is 0 Å². The zero-order valence-electron chi connectivity index (χ0n) is 18.5. The number of aliphatic imine (C=N–C) groups is 1. The summed E-state index contributed by atoms with van der Waals surface area (Å²) < 4.78 is 5.47. The second kappa shape index (κ2) is 12.9. The minimum Gasteiger partial charge on any atom is -0.393 e. The molecule has 0 atom stereocenters. The molecular weight excluding hydrogens is 378 g/mol. The topological polar surface area (TPSA) is 72.4 Å². The van der Waals surface area contributed by atoms with Gasteiger partial charge in [-0.05, 0) is 43.9 Å². The molecule has 0 radical (unpaired) electrons. The van der Waals surface area contributed by atoms with Crippen molar-refractivity contribution >= 4 is 5.96 Å². The van der Waals surface area contributed by atoms with Crippen LogP contribution in [0.5, 0.6) is 0 Å². The number of rotatable bonds is 9. The normalized spacial score (nSPS) is 19.7. The van der Waals surface area contributed by atoms with Crippen LogP contribution in [0.15, 0.2) is 29.3 Å². The van der Waals surface area contributed by atoms with Gasteiger partial charge in [0.25, 0.3) is 0 Å². The summed E-state index contributed by atoms with van der Waals surface area (Å²) in [5, 5.41) is 16.5. The van der Waals surface area contributed by atoms with Gasteiger partial charge < -0.3 is 25.4 Å². The number of piperidine rings is 1. The number of hydrogen-bond acceptors (Lipinski definition) is 5. The van der Waals surface area contributed by atoms with E-state index in [1.54, 1.807) is 0 Å². The van der Waals surface area contributed by atoms with Crippen LogP contribution in [0.25, 0.3) is 0 Å². The molecule has 2 fully saturated rings. The van der Waals surface area contributed by atoms with E-state index in [9.17, 15) is 5.11 Å². The quantitative estimate of drug-likeness (QED) is 0.321. The fourth-order valence-electron chi connectivity index (χ4n) is 4.02. The Bertz CT molecular complexity index is 640. The molecule has 1 aromatic rings. The van der Waals surface area contributed by atoms with Crippen LogP contribution >= 0.6 is 0 Å². The van der Waals surface area contributed by atoms with E-state index >= 15 is 0 Å². The van der Waals surface area contributed by atoms with E-state index in [2.05, 4.69) is 51.6 Å². The summed E-state index contributed by atoms with van der Waals surface area (Å²) in [5.74, 6) is 0.882. The third kappa shape index (κ3) is 7.87. The van der Waals surface area contributed by atoms with Crippen molar-refractivity contribution in [1.82, 2.24) is 20.4 Å². The zero-order valence-corrected chi connectivity index (χ0v) is 18.5. The summed E-state index contributed by atoms with van der Waals surface area (Å²) in [7, 11) is 0. The molecule has 0 saturated carbocycles. The Hall–Kier alpha value is -1.67. The SMILES string of the molecule is CCNC(=NCc1ccccc1CN1CCOCC1)NCCCN1CCC(O)CC1. The first-order chi connectivity index (χ1) is 14.7. The molecule has 2 heterocycles. The number of guanidine groups is 1. The van der Waals surface area contributed by atoms with Gasteiger partial charge in [0, 0.05) is 45.8 Å². The predicted octanol–water partition coefficient (Wildman–Crippen LogP) is 1.42. The van der Waals surface area contributed by atoms with Gasteiger partial charge >= 0.3 is 0 Å². The van der Waals surface area contributed by atoms with E-state index in [1.807, 2.05) is 0 Å². The van der Waals surface area contributed by atoms with Gasteiger partial charge in [0.05, 0.1) is 25.9 Å². The first-order valence-corrected chi connectivity index (χ1v) is 11.5. The molecule has 168 valence electrons. The van der Waals surface area contributed by atoms with Gasteiger partial charge in [0.1, 0.15) is 0 Å². The largest absolute Gasteiger partial charge is 0.393 e. The highest BCUT2D eigenvalue weighted by Gasteiger charge is 2.16. The van der Waals surface area contributed by atoms with Gasteiger partial charge in [-0.15, -0.1) is 0 Å². The minimum absolute atomic E-state index is 0.0991. The van der Waals surface area contributed by atoms with Crippen molar-refractivity contribution in [3.8, 4) is 0 Å². The Morgan fingerprint density at radius 1 is 1.07 bits per heavy atom. The second-order valence-electron chi connectivity index (χ2n) is 8.21. The molecule has 30 heavy (non-hydrogen) atoms. The highest BCUT2D eigenvalue weighted by molar-refractivity contribution is 5.79. The van der Waals surface area contributed by atoms with E-state index in [1.165, 1.54) is 11.1 Å². The molecular formula is C23H39N5O2. The highest BCUT2D eigenvalue weighted by atomic mass is 16.5. The lowest BCUT2D eigenvalue weighted by molar-refractivity contribution is 0.0341. The molecule has 0 amide bonds. The summed E-state index contributed by atoms with van der Waals surface area (Å²) in [6.45, 7) is 12.2. The predicted molar refractivity (Wildman–Crippen MR) is 122 cm³/mol. The van der Waals surface area contributed by atoms with Gasteiger partial charge in [-0.3, -0.25) is 4.90 Å². The smallest absolute Gasteiger partial charge is 0.191 e. The van der Waals surface area contributed by atoms with Gasteiger partial charge in [0.2, 0.25) is 0 Å². The average Bonchev–Trinajstić information content (AvgIpc) is 2.78. The fourth-order valence-corrected chi connectivity index (χ4v) is 4.02. The molecule has 2 aliphatic rings. The van der Waals surface area contributed by atoms with Crippen LogP contribution in [0, 0.1) is 0 Å². The van der Waals surface area contributed by atoms with Crippen LogP contribution in [0.4, 0.5) is 0 Å². The van der Waals surface area contributed by atoms with Gasteiger partial charge in [-0.2, -0.15) is 0 Å². The van der Waals surface area contributed by atoms with Crippen molar-refractivity contribution in [2.45, 2.75) is 45.4 Å². The maximum absolute atomic E-state index is 9.62. The van der Waals surface area contributed by atoms with Crippen LogP contribution in [0.1, 0.15) is 37.3 Å². The number of ether oxygens (including phenoxy) is 1. The maximum atomic E-state index is 9.62. The van der Waals surface area contributed by atoms with E-state index in [0.29, 0.717) is 6.54 Å². The van der Waals surface area contributed by atoms with Gasteiger partial charge in [-0.1, -0.05) is 24.3 Å². The summed E-state index contributed by atoms with van der Waals surface area (Å²) in [6, 6.07) is 8.62. The van der Waals surface area contributed by atoms with E-state index in [0.717, 1.165) is 90.8 Å². The third-order valence-electron chi connectivity index (χ3n) is 5.87. The van der Waals surface area contributed by atoms with E-state index in [4.69, 9.17) is 9.73 Å². The summed E-state index contributed by atoms with van der Waals surface area (Å²) in [6.07, 6.45) is 2.79. The molecule has 3 rings (SSSR count). The Morgan fingerprint density at radius 2 is 1.80 bits per heavy atom. The Kier molecular flexibility index (Phi) is 9.89. The van der Waals surface area contributed by atoms with Crippen LogP contribution in [-0.4, -0.2) is 86.0 Å². The zero-order chi connectivity index (χ0) is 21.0. The van der Waals surface area contributed by atoms with Crippen LogP contribution in [0.3, 0.4) is 0 Å². The number of likely N-dealkylation sites (tertiary alicyclic amines) is 1. The van der Waals surface area contributed by atoms with Gasteiger partial charge in [-0.25, -0.2) is 4.99 Å². The van der Waals surface area contributed by atoms with Crippen LogP contribution in [-0.2, 0) is 17.8 Å². The molecule has 2 aliphatic heterocycles. The molecule has 1 aromatic carbocycles. The van der Waals surface area contributed by atoms with Crippen LogP contribution < -0.4 is 10.6 Å². The fraction of sp³-hybridized carbons (Fsp3) is 0.696. The molecule has 7 nitrogen and oxygen atoms in total. The van der Waals surface area contributed by atoms with Crippen molar-refractivity contribution in [3.05, 3.63) is 35.4 Å². The van der Waals surface area contributed by atoms with E-state index < -0.39 is 0 Å². The number of nitrogens with zero attached hydrogens (tertiary/aromatic N) is 3. The number of nitrogens with one attached hydrogen (secondary N) is 2. The Labute approximate surface area is 181 Å². The van der Waals surface area contributed by atoms with E-state index in [-0.39, 0.29) is 6.10 Å². The monoisotopic (exact) mass is 417 g/mol. The lowest BCUT2D eigenvalue weighted by Gasteiger charge is -2.29. The minimum atomic E-state index is -0.0991. The molecule has 0 aromatic heterocycles. The molecule has 3 N–H and O–H groups in total. The Balaban J connectivity index is 1.46. The molecule has 2 saturated heterocycles. The van der Waals surface area contributed by atoms with Gasteiger partial charge in [0.15, 0.2) is 5.96 Å². The molecule has 7 heteroatoms. The number of aliphatic hydroxyl groups is 1. The molecule has 0 spiro atoms. The number of morpholine rings is 1. The van der Waals surface area contributed by atoms with Crippen molar-refractivity contribution in [1.29, 1.82) is 0 Å². The second-order valence-corrected chi connectivity index (χ2v) is 8.21. The average molecular weight is 418 g/mol. The number of aliphatic hydroxyl groups excluding tert-OH is 1. The first-order valence-electron chi connectivity index (χ1n) is 11.5. The van der Waals surface area contributed by atoms with Crippen molar-refractivity contribution in [2.75, 3.05) is 59.0 Å². The lowest BCUT2D eigenvalue weighted by atomic mass is 10.1. The molecule has 0 unspecified atom stereocenters. The van der Waals surface area contributed by atoms with Crippen molar-refractivity contribution < 1.29 is 9.84 Å². The highest BCUT2D eigenvalue weighted by Crippen LogP contribution is 2.14. The summed E-state index contributed by atoms with van der Waals surface area (Å²) in [5.41, 5.74) is 2.64. The summed E-state index contributed by atoms with van der Waals surface area (Å²) >= 11 is 0. The maximum Gasteiger partial charge on any atom is 0.191 e. The molecule has 0 aliphatic carbocycles. The first kappa shape index (κ1) is 23.0. The standard InChI is InChI=1S/C23H39N5O2/c1-2-24-23(25-10-5-11-27-12-8-22(29)9-13-27)26-18-20-6-3-4-7-21(20)19-28-14-16-30-17-15-28/h3-4,6-7,22,29H,2,5,8-19H2,1H3,(H2,24,25,26). The number of benzene rings is 1.